The summed E-state index contributed by atoms with van der Waals surface area (Å²) in [5.41, 5.74) is -0.848. The average Bonchev–Trinajstić information content (AvgIpc) is 2.02. The molecular formula is C9H19NO3S. The van der Waals surface area contributed by atoms with Gasteiger partial charge in [0.05, 0.1) is 11.4 Å². The molecule has 1 aliphatic rings. The zero-order chi connectivity index (χ0) is 10.8. The van der Waals surface area contributed by atoms with E-state index in [1.165, 1.54) is 4.31 Å². The fourth-order valence-corrected chi connectivity index (χ4v) is 3.45. The normalized spacial score (nSPS) is 30.5. The number of β-amino-alcohol motifs (C(OH)–C–C–N with tert-alkyl or cyclic N) is 1. The quantitative estimate of drug-likeness (QED) is 0.758. The van der Waals surface area contributed by atoms with Gasteiger partial charge in [-0.1, -0.05) is 6.92 Å². The van der Waals surface area contributed by atoms with Crippen LogP contribution in [0.1, 0.15) is 33.1 Å². The van der Waals surface area contributed by atoms with Crippen LogP contribution in [0.4, 0.5) is 0 Å². The summed E-state index contributed by atoms with van der Waals surface area (Å²) in [4.78, 5) is 0. The molecule has 0 amide bonds. The van der Waals surface area contributed by atoms with Crippen LogP contribution < -0.4 is 0 Å². The lowest BCUT2D eigenvalue weighted by molar-refractivity contribution is 0.00941. The number of rotatable bonds is 3. The molecule has 1 fully saturated rings. The third-order valence-electron chi connectivity index (χ3n) is 2.50. The van der Waals surface area contributed by atoms with Crippen molar-refractivity contribution in [3.05, 3.63) is 0 Å². The van der Waals surface area contributed by atoms with Gasteiger partial charge in [-0.05, 0) is 26.2 Å². The Hall–Kier alpha value is -0.130. The molecule has 0 aromatic heterocycles. The number of sulfonamides is 1. The lowest BCUT2D eigenvalue weighted by Crippen LogP contribution is -2.49. The molecule has 0 radical (unpaired) electrons. The second-order valence-electron chi connectivity index (χ2n) is 4.25. The van der Waals surface area contributed by atoms with Crippen LogP contribution in [0.25, 0.3) is 0 Å². The fourth-order valence-electron chi connectivity index (χ4n) is 1.80. The fraction of sp³-hybridized carbons (Fsp3) is 1.00. The molecule has 1 heterocycles. The zero-order valence-electron chi connectivity index (χ0n) is 8.86. The van der Waals surface area contributed by atoms with Gasteiger partial charge in [0.15, 0.2) is 0 Å². The van der Waals surface area contributed by atoms with Crippen molar-refractivity contribution >= 4 is 10.0 Å². The summed E-state index contributed by atoms with van der Waals surface area (Å²) in [6, 6.07) is 0. The molecule has 0 aromatic rings. The minimum absolute atomic E-state index is 0.184. The number of nitrogens with zero attached hydrogens (tertiary/aromatic N) is 1. The number of aliphatic hydroxyl groups is 1. The van der Waals surface area contributed by atoms with Crippen molar-refractivity contribution in [3.8, 4) is 0 Å². The van der Waals surface area contributed by atoms with Crippen LogP contribution in [0.3, 0.4) is 0 Å². The molecule has 84 valence electrons. The van der Waals surface area contributed by atoms with Crippen molar-refractivity contribution < 1.29 is 13.5 Å². The van der Waals surface area contributed by atoms with Gasteiger partial charge < -0.3 is 5.11 Å². The SMILES string of the molecule is CCCS(=O)(=O)N1CCCC(C)(O)C1. The molecule has 5 heteroatoms. The van der Waals surface area contributed by atoms with Crippen LogP contribution in [-0.2, 0) is 10.0 Å². The van der Waals surface area contributed by atoms with Crippen molar-refractivity contribution in [1.82, 2.24) is 4.31 Å². The Morgan fingerprint density at radius 2 is 2.14 bits per heavy atom. The highest BCUT2D eigenvalue weighted by atomic mass is 32.2. The molecule has 0 bridgehead atoms. The van der Waals surface area contributed by atoms with Crippen LogP contribution >= 0.6 is 0 Å². The minimum Gasteiger partial charge on any atom is -0.389 e. The molecule has 0 aromatic carbocycles. The van der Waals surface area contributed by atoms with E-state index in [1.807, 2.05) is 6.92 Å². The van der Waals surface area contributed by atoms with Crippen LogP contribution in [0.2, 0.25) is 0 Å². The van der Waals surface area contributed by atoms with E-state index in [2.05, 4.69) is 0 Å². The summed E-state index contributed by atoms with van der Waals surface area (Å²) < 4.78 is 24.8. The Bertz CT molecular complexity index is 284. The van der Waals surface area contributed by atoms with Crippen molar-refractivity contribution in [2.24, 2.45) is 0 Å². The number of piperidine rings is 1. The predicted octanol–water partition coefficient (Wildman–Crippen LogP) is 0.573. The maximum absolute atomic E-state index is 11.7. The highest BCUT2D eigenvalue weighted by molar-refractivity contribution is 7.89. The first-order valence-electron chi connectivity index (χ1n) is 5.07. The van der Waals surface area contributed by atoms with Gasteiger partial charge in [-0.3, -0.25) is 0 Å². The molecule has 1 N–H and O–H groups in total. The van der Waals surface area contributed by atoms with Gasteiger partial charge in [-0.15, -0.1) is 0 Å². The van der Waals surface area contributed by atoms with E-state index < -0.39 is 15.6 Å². The molecular weight excluding hydrogens is 202 g/mol. The van der Waals surface area contributed by atoms with Gasteiger partial charge in [0, 0.05) is 13.1 Å². The second kappa shape index (κ2) is 4.16. The average molecular weight is 221 g/mol. The van der Waals surface area contributed by atoms with Gasteiger partial charge >= 0.3 is 0 Å². The molecule has 1 unspecified atom stereocenters. The highest BCUT2D eigenvalue weighted by Gasteiger charge is 2.33. The predicted molar refractivity (Wildman–Crippen MR) is 55.5 cm³/mol. The largest absolute Gasteiger partial charge is 0.389 e. The highest BCUT2D eigenvalue weighted by Crippen LogP contribution is 2.22. The summed E-state index contributed by atoms with van der Waals surface area (Å²) >= 11 is 0. The topological polar surface area (TPSA) is 57.6 Å². The third kappa shape index (κ3) is 2.93. The molecule has 1 rings (SSSR count). The lowest BCUT2D eigenvalue weighted by atomic mass is 9.97. The Kier molecular flexibility index (Phi) is 3.55. The van der Waals surface area contributed by atoms with Crippen LogP contribution in [-0.4, -0.2) is 42.3 Å². The first-order valence-corrected chi connectivity index (χ1v) is 6.68. The molecule has 4 nitrogen and oxygen atoms in total. The third-order valence-corrected chi connectivity index (χ3v) is 4.52. The van der Waals surface area contributed by atoms with E-state index in [4.69, 9.17) is 0 Å². The van der Waals surface area contributed by atoms with Crippen molar-refractivity contribution in [2.75, 3.05) is 18.8 Å². The first-order chi connectivity index (χ1) is 6.37. The maximum Gasteiger partial charge on any atom is 0.214 e. The van der Waals surface area contributed by atoms with Crippen LogP contribution in [0, 0.1) is 0 Å². The Morgan fingerprint density at radius 3 is 2.64 bits per heavy atom. The molecule has 0 saturated carbocycles. The van der Waals surface area contributed by atoms with Crippen molar-refractivity contribution in [1.29, 1.82) is 0 Å². The lowest BCUT2D eigenvalue weighted by Gasteiger charge is -2.35. The molecule has 1 atom stereocenters. The zero-order valence-corrected chi connectivity index (χ0v) is 9.68. The first kappa shape index (κ1) is 11.9. The van der Waals surface area contributed by atoms with Gasteiger partial charge in [0.25, 0.3) is 0 Å². The summed E-state index contributed by atoms with van der Waals surface area (Å²) in [6.07, 6.45) is 2.06. The summed E-state index contributed by atoms with van der Waals surface area (Å²) in [5.74, 6) is 0.184. The molecule has 1 saturated heterocycles. The van der Waals surface area contributed by atoms with Gasteiger partial charge in [0.2, 0.25) is 10.0 Å². The van der Waals surface area contributed by atoms with Crippen LogP contribution in [0.5, 0.6) is 0 Å². The molecule has 14 heavy (non-hydrogen) atoms. The van der Waals surface area contributed by atoms with Gasteiger partial charge in [-0.2, -0.15) is 4.31 Å². The standard InChI is InChI=1S/C9H19NO3S/c1-3-7-14(12,13)10-6-4-5-9(2,11)8-10/h11H,3-8H2,1-2H3. The second-order valence-corrected chi connectivity index (χ2v) is 6.34. The summed E-state index contributed by atoms with van der Waals surface area (Å²) in [5, 5.41) is 9.77. The van der Waals surface area contributed by atoms with E-state index in [9.17, 15) is 13.5 Å². The monoisotopic (exact) mass is 221 g/mol. The summed E-state index contributed by atoms with van der Waals surface area (Å²) in [6.45, 7) is 4.34. The van der Waals surface area contributed by atoms with E-state index in [1.54, 1.807) is 6.92 Å². The van der Waals surface area contributed by atoms with Crippen molar-refractivity contribution in [3.63, 3.8) is 0 Å². The summed E-state index contributed by atoms with van der Waals surface area (Å²) in [7, 11) is -3.13. The smallest absolute Gasteiger partial charge is 0.214 e. The Morgan fingerprint density at radius 1 is 1.50 bits per heavy atom. The van der Waals surface area contributed by atoms with Gasteiger partial charge in [0.1, 0.15) is 0 Å². The molecule has 1 aliphatic heterocycles. The van der Waals surface area contributed by atoms with E-state index >= 15 is 0 Å². The Balaban J connectivity index is 2.69. The number of hydrogen-bond donors (Lipinski definition) is 1. The molecule has 0 spiro atoms. The Labute approximate surface area is 86.0 Å². The maximum atomic E-state index is 11.7. The molecule has 0 aliphatic carbocycles. The van der Waals surface area contributed by atoms with E-state index in [0.717, 1.165) is 6.42 Å². The van der Waals surface area contributed by atoms with Crippen molar-refractivity contribution in [2.45, 2.75) is 38.7 Å². The number of hydrogen-bond acceptors (Lipinski definition) is 3. The minimum atomic E-state index is -3.13. The van der Waals surface area contributed by atoms with Gasteiger partial charge in [-0.25, -0.2) is 8.42 Å². The van der Waals surface area contributed by atoms with E-state index in [0.29, 0.717) is 19.4 Å². The van der Waals surface area contributed by atoms with E-state index in [-0.39, 0.29) is 12.3 Å². The van der Waals surface area contributed by atoms with Crippen LogP contribution in [0.15, 0.2) is 0 Å².